The van der Waals surface area contributed by atoms with Crippen LogP contribution in [0.3, 0.4) is 0 Å². The first-order valence-electron chi connectivity index (χ1n) is 12.4. The molecule has 1 aromatic carbocycles. The quantitative estimate of drug-likeness (QED) is 0.468. The molecule has 0 aliphatic rings. The highest BCUT2D eigenvalue weighted by Crippen LogP contribution is 2.35. The molecule has 0 fully saturated rings. The second-order valence-electron chi connectivity index (χ2n) is 5.57. The summed E-state index contributed by atoms with van der Waals surface area (Å²) in [7, 11) is 0. The lowest BCUT2D eigenvalue weighted by atomic mass is 9.98. The maximum absolute atomic E-state index is 8.36. The summed E-state index contributed by atoms with van der Waals surface area (Å²) in [5.41, 5.74) is 0.450. The van der Waals surface area contributed by atoms with Crippen molar-refractivity contribution in [3.05, 3.63) is 59.4 Å². The highest BCUT2D eigenvalue weighted by molar-refractivity contribution is 6.08. The molecule has 0 spiro atoms. The molecule has 3 heteroatoms. The standard InChI is InChI=1S/C21H20N2O/c1-12(2)18-11-22-19(10-13(18)3)17-7-5-6-15-16-9-8-14(4)23-21(16)24-20(15)17/h5-12H,1-4H3/i1D3,3D3,4D3,12D. The van der Waals surface area contributed by atoms with Crippen LogP contribution in [0.25, 0.3) is 33.3 Å². The molecule has 0 radical (unpaired) electrons. The number of rotatable bonds is 2. The van der Waals surface area contributed by atoms with E-state index in [1.54, 1.807) is 24.3 Å². The van der Waals surface area contributed by atoms with Gasteiger partial charge < -0.3 is 4.42 Å². The van der Waals surface area contributed by atoms with Crippen molar-refractivity contribution >= 4 is 22.1 Å². The molecule has 0 saturated heterocycles. The second kappa shape index (κ2) is 5.45. The fraction of sp³-hybridized carbons (Fsp3) is 0.238. The number of pyridine rings is 2. The summed E-state index contributed by atoms with van der Waals surface area (Å²) in [6.07, 6.45) is 1.11. The van der Waals surface area contributed by atoms with Crippen LogP contribution >= 0.6 is 0 Å². The summed E-state index contributed by atoms with van der Waals surface area (Å²) in [5.74, 6) is -2.19. The van der Waals surface area contributed by atoms with Gasteiger partial charge in [-0.2, -0.15) is 0 Å². The zero-order valence-corrected chi connectivity index (χ0v) is 12.8. The van der Waals surface area contributed by atoms with Gasteiger partial charge in [-0.1, -0.05) is 25.9 Å². The number of aryl methyl sites for hydroxylation is 2. The van der Waals surface area contributed by atoms with Gasteiger partial charge in [0.2, 0.25) is 5.71 Å². The molecule has 3 aromatic heterocycles. The van der Waals surface area contributed by atoms with E-state index < -0.39 is 26.4 Å². The van der Waals surface area contributed by atoms with Crippen LogP contribution in [0.15, 0.2) is 47.0 Å². The molecule has 4 aromatic rings. The zero-order chi connectivity index (χ0) is 25.3. The van der Waals surface area contributed by atoms with Gasteiger partial charge in [-0.15, -0.1) is 0 Å². The lowest BCUT2D eigenvalue weighted by Gasteiger charge is -2.11. The molecule has 24 heavy (non-hydrogen) atoms. The maximum atomic E-state index is 8.36. The van der Waals surface area contributed by atoms with Gasteiger partial charge in [-0.25, -0.2) is 4.98 Å². The van der Waals surface area contributed by atoms with Gasteiger partial charge in [-0.05, 0) is 55.0 Å². The van der Waals surface area contributed by atoms with Gasteiger partial charge in [-0.3, -0.25) is 4.98 Å². The Morgan fingerprint density at radius 3 is 2.96 bits per heavy atom. The van der Waals surface area contributed by atoms with E-state index >= 15 is 0 Å². The van der Waals surface area contributed by atoms with E-state index in [-0.39, 0.29) is 28.2 Å². The van der Waals surface area contributed by atoms with Crippen molar-refractivity contribution in [3.8, 4) is 11.3 Å². The van der Waals surface area contributed by atoms with Crippen LogP contribution in [0, 0.1) is 13.7 Å². The first kappa shape index (κ1) is 7.47. The first-order valence-corrected chi connectivity index (χ1v) is 7.36. The third-order valence-corrected chi connectivity index (χ3v) is 3.95. The Labute approximate surface area is 155 Å². The Morgan fingerprint density at radius 2 is 2.12 bits per heavy atom. The van der Waals surface area contributed by atoms with Crippen LogP contribution in [0.2, 0.25) is 0 Å². The third kappa shape index (κ3) is 2.28. The molecule has 1 atom stereocenters. The predicted molar refractivity (Wildman–Crippen MR) is 98.3 cm³/mol. The number of hydrogen-bond acceptors (Lipinski definition) is 3. The van der Waals surface area contributed by atoms with Crippen molar-refractivity contribution in [2.45, 2.75) is 33.4 Å². The zero-order valence-electron chi connectivity index (χ0n) is 22.8. The van der Waals surface area contributed by atoms with Crippen molar-refractivity contribution in [1.82, 2.24) is 9.97 Å². The average molecular weight is 326 g/mol. The monoisotopic (exact) mass is 326 g/mol. The molecule has 4 rings (SSSR count). The normalized spacial score (nSPS) is 21.9. The largest absolute Gasteiger partial charge is 0.437 e. The fourth-order valence-corrected chi connectivity index (χ4v) is 2.78. The Hall–Kier alpha value is -2.68. The molecular formula is C21H20N2O. The number of hydrogen-bond donors (Lipinski definition) is 0. The predicted octanol–water partition coefficient (Wildman–Crippen LogP) is 5.78. The molecule has 0 bridgehead atoms. The Bertz CT molecular complexity index is 1400. The van der Waals surface area contributed by atoms with Crippen LogP contribution in [0.4, 0.5) is 0 Å². The number of nitrogens with zero attached hydrogens (tertiary/aromatic N) is 2. The van der Waals surface area contributed by atoms with Crippen molar-refractivity contribution in [1.29, 1.82) is 0 Å². The first-order chi connectivity index (χ1) is 15.5. The minimum atomic E-state index is -2.78. The van der Waals surface area contributed by atoms with E-state index in [0.717, 1.165) is 13.1 Å². The number of benzene rings is 1. The molecule has 3 nitrogen and oxygen atoms in total. The summed E-state index contributed by atoms with van der Waals surface area (Å²) < 4.78 is 83.9. The summed E-state index contributed by atoms with van der Waals surface area (Å²) in [5, 5.41) is 1.21. The Morgan fingerprint density at radius 1 is 1.17 bits per heavy atom. The minimum Gasteiger partial charge on any atom is -0.437 e. The van der Waals surface area contributed by atoms with E-state index in [9.17, 15) is 0 Å². The van der Waals surface area contributed by atoms with Gasteiger partial charge in [0, 0.05) is 41.9 Å². The average Bonchev–Trinajstić information content (AvgIpc) is 3.09. The lowest BCUT2D eigenvalue weighted by Crippen LogP contribution is -1.95. The van der Waals surface area contributed by atoms with Gasteiger partial charge >= 0.3 is 0 Å². The number of para-hydroxylation sites is 1. The third-order valence-electron chi connectivity index (χ3n) is 3.95. The van der Waals surface area contributed by atoms with E-state index in [1.165, 1.54) is 12.1 Å². The summed E-state index contributed by atoms with van der Waals surface area (Å²) in [4.78, 5) is 8.41. The molecule has 0 aliphatic heterocycles. The van der Waals surface area contributed by atoms with Crippen molar-refractivity contribution < 1.29 is 18.1 Å². The SMILES string of the molecule is [2H]C([2H])([2H])c1ccc2c(n1)oc1c(-c3cc(C([2H])([2H])[2H])c(C([2H])(C)C([2H])([2H])[2H])cn3)cccc12. The van der Waals surface area contributed by atoms with Gasteiger partial charge in [0.15, 0.2) is 0 Å². The number of aromatic nitrogens is 2. The topological polar surface area (TPSA) is 38.9 Å². The van der Waals surface area contributed by atoms with E-state index in [1.807, 2.05) is 0 Å². The van der Waals surface area contributed by atoms with Crippen LogP contribution in [-0.4, -0.2) is 9.97 Å². The van der Waals surface area contributed by atoms with Crippen molar-refractivity contribution in [2.24, 2.45) is 0 Å². The lowest BCUT2D eigenvalue weighted by molar-refractivity contribution is 0.653. The summed E-state index contributed by atoms with van der Waals surface area (Å²) in [6, 6.07) is 9.39. The smallest absolute Gasteiger partial charge is 0.227 e. The summed E-state index contributed by atoms with van der Waals surface area (Å²) in [6.45, 7) is -6.74. The molecule has 0 aliphatic carbocycles. The number of furan rings is 1. The van der Waals surface area contributed by atoms with Gasteiger partial charge in [0.1, 0.15) is 5.58 Å². The second-order valence-corrected chi connectivity index (χ2v) is 5.57. The van der Waals surface area contributed by atoms with E-state index in [2.05, 4.69) is 9.97 Å². The van der Waals surface area contributed by atoms with E-state index in [0.29, 0.717) is 21.9 Å². The van der Waals surface area contributed by atoms with Crippen LogP contribution in [-0.2, 0) is 0 Å². The summed E-state index contributed by atoms with van der Waals surface area (Å²) >= 11 is 0. The highest BCUT2D eigenvalue weighted by atomic mass is 16.3. The molecular weight excluding hydrogens is 296 g/mol. The van der Waals surface area contributed by atoms with Crippen molar-refractivity contribution in [2.75, 3.05) is 0 Å². The van der Waals surface area contributed by atoms with Crippen molar-refractivity contribution in [3.63, 3.8) is 0 Å². The number of fused-ring (bicyclic) bond motifs is 3. The molecule has 0 saturated carbocycles. The fourth-order valence-electron chi connectivity index (χ4n) is 2.78. The molecule has 120 valence electrons. The maximum Gasteiger partial charge on any atom is 0.227 e. The Kier molecular flexibility index (Phi) is 1.70. The van der Waals surface area contributed by atoms with E-state index in [4.69, 9.17) is 18.1 Å². The molecule has 3 heterocycles. The molecule has 0 amide bonds. The molecule has 1 unspecified atom stereocenters. The van der Waals surface area contributed by atoms with Crippen LogP contribution in [0.1, 0.15) is 50.2 Å². The minimum absolute atomic E-state index is 0.116. The Balaban J connectivity index is 1.96. The highest BCUT2D eigenvalue weighted by Gasteiger charge is 2.15. The van der Waals surface area contributed by atoms with Gasteiger partial charge in [0.25, 0.3) is 0 Å². The van der Waals surface area contributed by atoms with Gasteiger partial charge in [0.05, 0.1) is 5.69 Å². The molecule has 0 N–H and O–H groups in total. The van der Waals surface area contributed by atoms with Crippen LogP contribution in [0.5, 0.6) is 0 Å². The van der Waals surface area contributed by atoms with Crippen LogP contribution < -0.4 is 0 Å².